The minimum atomic E-state index is 0.524. The fourth-order valence-corrected chi connectivity index (χ4v) is 1.68. The summed E-state index contributed by atoms with van der Waals surface area (Å²) in [5.74, 6) is 0.524. The molecule has 2 aromatic rings. The molecule has 0 aliphatic heterocycles. The van der Waals surface area contributed by atoms with Gasteiger partial charge in [-0.1, -0.05) is 12.1 Å². The Kier molecular flexibility index (Phi) is 2.89. The zero-order valence-corrected chi connectivity index (χ0v) is 9.66. The van der Waals surface area contributed by atoms with Crippen LogP contribution in [0.1, 0.15) is 5.56 Å². The Morgan fingerprint density at radius 1 is 1.43 bits per heavy atom. The average molecular weight is 272 g/mol. The van der Waals surface area contributed by atoms with Crippen LogP contribution in [-0.2, 0) is 5.88 Å². The van der Waals surface area contributed by atoms with Crippen molar-refractivity contribution in [3.8, 4) is 5.69 Å². The Bertz CT molecular complexity index is 439. The molecule has 0 radical (unpaired) electrons. The summed E-state index contributed by atoms with van der Waals surface area (Å²) in [5, 5.41) is 4.19. The molecule has 0 aliphatic carbocycles. The van der Waals surface area contributed by atoms with Gasteiger partial charge in [0.15, 0.2) is 0 Å². The maximum Gasteiger partial charge on any atom is 0.0649 e. The summed E-state index contributed by atoms with van der Waals surface area (Å²) >= 11 is 9.11. The van der Waals surface area contributed by atoms with Crippen molar-refractivity contribution < 1.29 is 0 Å². The second-order valence-corrected chi connectivity index (χ2v) is 4.09. The summed E-state index contributed by atoms with van der Waals surface area (Å²) in [6.07, 6.45) is 3.67. The van der Waals surface area contributed by atoms with E-state index in [0.29, 0.717) is 5.88 Å². The van der Waals surface area contributed by atoms with Gasteiger partial charge < -0.3 is 0 Å². The molecule has 2 nitrogen and oxygen atoms in total. The van der Waals surface area contributed by atoms with Crippen LogP contribution in [-0.4, -0.2) is 9.78 Å². The molecule has 0 unspecified atom stereocenters. The van der Waals surface area contributed by atoms with Gasteiger partial charge in [0, 0.05) is 12.1 Å². The van der Waals surface area contributed by atoms with Crippen LogP contribution in [0.15, 0.2) is 41.1 Å². The van der Waals surface area contributed by atoms with Crippen molar-refractivity contribution in [1.29, 1.82) is 0 Å². The first-order chi connectivity index (χ1) is 6.79. The predicted octanol–water partition coefficient (Wildman–Crippen LogP) is 3.37. The minimum absolute atomic E-state index is 0.524. The lowest BCUT2D eigenvalue weighted by molar-refractivity contribution is 0.879. The Morgan fingerprint density at radius 2 is 2.29 bits per heavy atom. The van der Waals surface area contributed by atoms with Gasteiger partial charge in [-0.3, -0.25) is 0 Å². The van der Waals surface area contributed by atoms with Crippen LogP contribution in [0.25, 0.3) is 5.69 Å². The molecule has 72 valence electrons. The quantitative estimate of drug-likeness (QED) is 0.766. The molecule has 0 spiro atoms. The van der Waals surface area contributed by atoms with E-state index in [-0.39, 0.29) is 0 Å². The van der Waals surface area contributed by atoms with E-state index in [1.807, 2.05) is 30.5 Å². The van der Waals surface area contributed by atoms with Crippen LogP contribution in [0.4, 0.5) is 0 Å². The van der Waals surface area contributed by atoms with E-state index in [1.54, 1.807) is 10.9 Å². The number of alkyl halides is 1. The Balaban J connectivity index is 2.41. The molecule has 1 aromatic carbocycles. The molecule has 4 heteroatoms. The molecule has 0 amide bonds. The topological polar surface area (TPSA) is 17.8 Å². The number of rotatable bonds is 2. The second kappa shape index (κ2) is 4.15. The van der Waals surface area contributed by atoms with Crippen molar-refractivity contribution in [2.24, 2.45) is 0 Å². The van der Waals surface area contributed by atoms with Gasteiger partial charge in [0.25, 0.3) is 0 Å². The Hall–Kier alpha value is -0.800. The normalized spacial score (nSPS) is 10.4. The van der Waals surface area contributed by atoms with Gasteiger partial charge >= 0.3 is 0 Å². The summed E-state index contributed by atoms with van der Waals surface area (Å²) < 4.78 is 2.77. The van der Waals surface area contributed by atoms with E-state index < -0.39 is 0 Å². The van der Waals surface area contributed by atoms with E-state index in [1.165, 1.54) is 0 Å². The lowest BCUT2D eigenvalue weighted by Crippen LogP contribution is -1.94. The van der Waals surface area contributed by atoms with E-state index in [4.69, 9.17) is 11.6 Å². The van der Waals surface area contributed by atoms with Crippen LogP contribution >= 0.6 is 27.5 Å². The van der Waals surface area contributed by atoms with Gasteiger partial charge in [-0.2, -0.15) is 5.10 Å². The zero-order valence-electron chi connectivity index (χ0n) is 7.32. The number of aromatic nitrogens is 2. The summed E-state index contributed by atoms with van der Waals surface area (Å²) in [5.41, 5.74) is 2.12. The molecule has 0 atom stereocenters. The lowest BCUT2D eigenvalue weighted by atomic mass is 10.2. The van der Waals surface area contributed by atoms with Crippen molar-refractivity contribution in [2.75, 3.05) is 0 Å². The molecule has 0 N–H and O–H groups in total. The molecule has 0 fully saturated rings. The van der Waals surface area contributed by atoms with E-state index in [0.717, 1.165) is 15.7 Å². The SMILES string of the molecule is ClCc1cccc(-n2cc(Br)cn2)c1. The van der Waals surface area contributed by atoms with Gasteiger partial charge in [-0.05, 0) is 33.6 Å². The van der Waals surface area contributed by atoms with Crippen molar-refractivity contribution in [2.45, 2.75) is 5.88 Å². The maximum atomic E-state index is 5.75. The number of hydrogen-bond acceptors (Lipinski definition) is 1. The highest BCUT2D eigenvalue weighted by Crippen LogP contribution is 2.14. The zero-order chi connectivity index (χ0) is 9.97. The van der Waals surface area contributed by atoms with Crippen LogP contribution in [0, 0.1) is 0 Å². The first-order valence-corrected chi connectivity index (χ1v) is 5.48. The highest BCUT2D eigenvalue weighted by molar-refractivity contribution is 9.10. The third-order valence-electron chi connectivity index (χ3n) is 1.88. The number of hydrogen-bond donors (Lipinski definition) is 0. The first kappa shape index (κ1) is 9.74. The summed E-state index contributed by atoms with van der Waals surface area (Å²) in [6.45, 7) is 0. The van der Waals surface area contributed by atoms with Crippen molar-refractivity contribution >= 4 is 27.5 Å². The van der Waals surface area contributed by atoms with E-state index >= 15 is 0 Å². The number of benzene rings is 1. The first-order valence-electron chi connectivity index (χ1n) is 4.15. The standard InChI is InChI=1S/C10H8BrClN2/c11-9-6-13-14(7-9)10-3-1-2-8(4-10)5-12/h1-4,6-7H,5H2. The molecule has 14 heavy (non-hydrogen) atoms. The smallest absolute Gasteiger partial charge is 0.0649 e. The van der Waals surface area contributed by atoms with Crippen LogP contribution < -0.4 is 0 Å². The largest absolute Gasteiger partial charge is 0.240 e. The molecule has 2 rings (SSSR count). The number of halogens is 2. The third kappa shape index (κ3) is 1.99. The van der Waals surface area contributed by atoms with Crippen molar-refractivity contribution in [3.05, 3.63) is 46.7 Å². The molecule has 1 heterocycles. The van der Waals surface area contributed by atoms with Gasteiger partial charge in [0.2, 0.25) is 0 Å². The van der Waals surface area contributed by atoms with Crippen LogP contribution in [0.2, 0.25) is 0 Å². The van der Waals surface area contributed by atoms with Crippen molar-refractivity contribution in [1.82, 2.24) is 9.78 Å². The minimum Gasteiger partial charge on any atom is -0.240 e. The Labute approximate surface area is 95.6 Å². The average Bonchev–Trinajstić information content (AvgIpc) is 2.65. The van der Waals surface area contributed by atoms with Gasteiger partial charge in [0.05, 0.1) is 16.4 Å². The molecular formula is C10H8BrClN2. The van der Waals surface area contributed by atoms with Crippen molar-refractivity contribution in [3.63, 3.8) is 0 Å². The van der Waals surface area contributed by atoms with Gasteiger partial charge in [0.1, 0.15) is 0 Å². The lowest BCUT2D eigenvalue weighted by Gasteiger charge is -2.02. The van der Waals surface area contributed by atoms with Gasteiger partial charge in [-0.15, -0.1) is 11.6 Å². The van der Waals surface area contributed by atoms with Crippen LogP contribution in [0.5, 0.6) is 0 Å². The maximum absolute atomic E-state index is 5.75. The fourth-order valence-electron chi connectivity index (χ4n) is 1.22. The Morgan fingerprint density at radius 3 is 2.93 bits per heavy atom. The monoisotopic (exact) mass is 270 g/mol. The molecule has 0 saturated heterocycles. The second-order valence-electron chi connectivity index (χ2n) is 2.91. The summed E-state index contributed by atoms with van der Waals surface area (Å²) in [4.78, 5) is 0. The highest BCUT2D eigenvalue weighted by Gasteiger charge is 1.99. The summed E-state index contributed by atoms with van der Waals surface area (Å²) in [7, 11) is 0. The molecule has 0 bridgehead atoms. The number of nitrogens with zero attached hydrogens (tertiary/aromatic N) is 2. The van der Waals surface area contributed by atoms with E-state index in [9.17, 15) is 0 Å². The molecule has 0 saturated carbocycles. The van der Waals surface area contributed by atoms with Crippen LogP contribution in [0.3, 0.4) is 0 Å². The third-order valence-corrected chi connectivity index (χ3v) is 2.60. The molecule has 1 aromatic heterocycles. The summed E-state index contributed by atoms with van der Waals surface area (Å²) in [6, 6.07) is 7.99. The highest BCUT2D eigenvalue weighted by atomic mass is 79.9. The molecular weight excluding hydrogens is 263 g/mol. The molecule has 0 aliphatic rings. The van der Waals surface area contributed by atoms with Gasteiger partial charge in [-0.25, -0.2) is 4.68 Å². The van der Waals surface area contributed by atoms with E-state index in [2.05, 4.69) is 21.0 Å². The fraction of sp³-hybridized carbons (Fsp3) is 0.100. The predicted molar refractivity (Wildman–Crippen MR) is 60.8 cm³/mol.